The molecule has 0 unspecified atom stereocenters. The molecule has 6 nitrogen and oxygen atoms in total. The van der Waals surface area contributed by atoms with E-state index >= 15 is 0 Å². The first kappa shape index (κ1) is 32.2. The highest BCUT2D eigenvalue weighted by Crippen LogP contribution is 2.40. The first-order valence-corrected chi connectivity index (χ1v) is 17.5. The smallest absolute Gasteiger partial charge is 0.393 e. The van der Waals surface area contributed by atoms with Crippen LogP contribution in [-0.4, -0.2) is 75.4 Å². The lowest BCUT2D eigenvalue weighted by Gasteiger charge is -2.33. The van der Waals surface area contributed by atoms with Crippen LogP contribution in [0.15, 0.2) is 36.4 Å². The van der Waals surface area contributed by atoms with E-state index in [9.17, 15) is 22.8 Å². The zero-order chi connectivity index (χ0) is 30.5. The number of alkyl halides is 3. The van der Waals surface area contributed by atoms with Gasteiger partial charge in [0, 0.05) is 17.4 Å². The Morgan fingerprint density at radius 2 is 1.86 bits per heavy atom. The molecule has 228 valence electrons. The predicted molar refractivity (Wildman–Crippen MR) is 168 cm³/mol. The molecule has 42 heavy (non-hydrogen) atoms. The number of aliphatic hydroxyl groups excluding tert-OH is 1. The van der Waals surface area contributed by atoms with Crippen molar-refractivity contribution >= 4 is 45.2 Å². The van der Waals surface area contributed by atoms with Crippen molar-refractivity contribution in [2.75, 3.05) is 57.8 Å². The van der Waals surface area contributed by atoms with Crippen LogP contribution in [0.3, 0.4) is 0 Å². The fraction of sp³-hybridized carbons (Fsp3) is 0.484. The molecule has 1 aliphatic carbocycles. The van der Waals surface area contributed by atoms with E-state index in [1.165, 1.54) is 11.3 Å². The average Bonchev–Trinajstić information content (AvgIpc) is 3.26. The maximum Gasteiger partial charge on any atom is 0.393 e. The molecule has 11 heteroatoms. The molecule has 4 rings (SSSR count). The minimum atomic E-state index is -4.37. The monoisotopic (exact) mass is 621 g/mol. The van der Waals surface area contributed by atoms with Crippen molar-refractivity contribution in [3.8, 4) is 17.6 Å². The molecule has 1 saturated carbocycles. The van der Waals surface area contributed by atoms with Gasteiger partial charge in [-0.25, -0.2) is 0 Å². The number of benzene rings is 2. The first-order valence-electron chi connectivity index (χ1n) is 14.1. The number of rotatable bonds is 10. The van der Waals surface area contributed by atoms with Crippen LogP contribution < -0.4 is 20.7 Å². The Balaban J connectivity index is 1.57. The zero-order valence-electron chi connectivity index (χ0n) is 24.5. The Bertz CT molecular complexity index is 1480. The molecule has 2 aromatic carbocycles. The summed E-state index contributed by atoms with van der Waals surface area (Å²) in [7, 11) is 1.67. The number of nitrogens with zero attached hydrogens (tertiary/aromatic N) is 1. The topological polar surface area (TPSA) is 73.8 Å². The van der Waals surface area contributed by atoms with E-state index < -0.39 is 19.7 Å². The van der Waals surface area contributed by atoms with Crippen molar-refractivity contribution < 1.29 is 27.6 Å². The number of thiophene rings is 1. The summed E-state index contributed by atoms with van der Waals surface area (Å²) in [5, 5.41) is 17.2. The first-order chi connectivity index (χ1) is 19.9. The molecule has 0 spiro atoms. The average molecular weight is 622 g/mol. The van der Waals surface area contributed by atoms with Crippen LogP contribution >= 0.6 is 18.5 Å². The molecular weight excluding hydrogens is 582 g/mol. The van der Waals surface area contributed by atoms with Crippen molar-refractivity contribution in [2.45, 2.75) is 50.4 Å². The predicted octanol–water partition coefficient (Wildman–Crippen LogP) is 6.37. The Hall–Kier alpha value is -2.70. The van der Waals surface area contributed by atoms with Gasteiger partial charge in [0.05, 0.1) is 40.5 Å². The van der Waals surface area contributed by atoms with Crippen LogP contribution in [0.25, 0.3) is 10.1 Å². The third-order valence-electron chi connectivity index (χ3n) is 7.49. The van der Waals surface area contributed by atoms with E-state index in [-0.39, 0.29) is 31.4 Å². The molecule has 3 aromatic rings. The SMILES string of the molecule is CN(C)C1CCC(Nc2cccc3c(CC(F)(F)F)c(C#CCNc4ccc(P(C)(C)=O)cc4OCCO)sc23)CC1. The third-order valence-corrected chi connectivity index (χ3v) is 10.2. The van der Waals surface area contributed by atoms with E-state index in [4.69, 9.17) is 4.74 Å². The number of anilines is 2. The summed E-state index contributed by atoms with van der Waals surface area (Å²) in [5.41, 5.74) is 1.65. The summed E-state index contributed by atoms with van der Waals surface area (Å²) in [5.74, 6) is 6.40. The van der Waals surface area contributed by atoms with Gasteiger partial charge in [-0.15, -0.1) is 11.3 Å². The molecule has 3 N–H and O–H groups in total. The maximum atomic E-state index is 13.6. The minimum absolute atomic E-state index is 0.0671. The highest BCUT2D eigenvalue weighted by Gasteiger charge is 2.31. The number of aliphatic hydroxyl groups is 1. The van der Waals surface area contributed by atoms with Gasteiger partial charge < -0.3 is 29.9 Å². The minimum Gasteiger partial charge on any atom is -0.489 e. The summed E-state index contributed by atoms with van der Waals surface area (Å²) in [4.78, 5) is 2.66. The van der Waals surface area contributed by atoms with Crippen LogP contribution in [0, 0.1) is 11.8 Å². The number of hydrogen-bond acceptors (Lipinski definition) is 7. The number of fused-ring (bicyclic) bond motifs is 1. The van der Waals surface area contributed by atoms with Gasteiger partial charge in [-0.3, -0.25) is 0 Å². The van der Waals surface area contributed by atoms with Crippen molar-refractivity contribution in [1.29, 1.82) is 0 Å². The van der Waals surface area contributed by atoms with Crippen LogP contribution in [0.2, 0.25) is 0 Å². The fourth-order valence-electron chi connectivity index (χ4n) is 5.25. The van der Waals surface area contributed by atoms with Gasteiger partial charge in [-0.1, -0.05) is 24.0 Å². The van der Waals surface area contributed by atoms with Crippen molar-refractivity contribution in [2.24, 2.45) is 0 Å². The van der Waals surface area contributed by atoms with Gasteiger partial charge >= 0.3 is 6.18 Å². The summed E-state index contributed by atoms with van der Waals surface area (Å²) in [6, 6.07) is 11.5. The van der Waals surface area contributed by atoms with Crippen LogP contribution in [0.4, 0.5) is 24.5 Å². The lowest BCUT2D eigenvalue weighted by molar-refractivity contribution is -0.126. The molecule has 0 amide bonds. The number of nitrogens with one attached hydrogen (secondary N) is 2. The van der Waals surface area contributed by atoms with Gasteiger partial charge in [-0.2, -0.15) is 13.2 Å². The van der Waals surface area contributed by atoms with Crippen LogP contribution in [0.1, 0.15) is 36.1 Å². The van der Waals surface area contributed by atoms with Crippen molar-refractivity contribution in [1.82, 2.24) is 4.90 Å². The summed E-state index contributed by atoms with van der Waals surface area (Å²) in [6.07, 6.45) is -1.22. The fourth-order valence-corrected chi connectivity index (χ4v) is 7.28. The van der Waals surface area contributed by atoms with E-state index in [0.29, 0.717) is 33.0 Å². The van der Waals surface area contributed by atoms with Gasteiger partial charge in [-0.05, 0) is 88.3 Å². The van der Waals surface area contributed by atoms with Crippen LogP contribution in [-0.2, 0) is 11.0 Å². The second kappa shape index (κ2) is 13.7. The number of hydrogen-bond donors (Lipinski definition) is 3. The maximum absolute atomic E-state index is 13.6. The highest BCUT2D eigenvalue weighted by molar-refractivity contribution is 7.70. The molecule has 1 fully saturated rings. The second-order valence-electron chi connectivity index (χ2n) is 11.3. The molecule has 0 radical (unpaired) electrons. The van der Waals surface area contributed by atoms with Gasteiger partial charge in [0.1, 0.15) is 19.5 Å². The highest BCUT2D eigenvalue weighted by atomic mass is 32.1. The molecule has 0 saturated heterocycles. The Labute approximate surface area is 250 Å². The van der Waals surface area contributed by atoms with Crippen molar-refractivity contribution in [3.05, 3.63) is 46.8 Å². The molecular formula is C31H39F3N3O3PS. The summed E-state index contributed by atoms with van der Waals surface area (Å²) < 4.78 is 59.9. The third kappa shape index (κ3) is 8.44. The summed E-state index contributed by atoms with van der Waals surface area (Å²) >= 11 is 1.29. The standard InChI is InChI=1S/C31H39F3N3O3PS/c1-37(2)22-12-10-21(11-13-22)36-27-8-5-7-24-25(20-31(32,33)34)29(42-30(24)27)9-6-16-35-26-15-14-23(41(3,4)39)19-28(26)40-18-17-38/h5,7-8,14-15,19,21-22,35-36,38H,10-13,16-18,20H2,1-4H3. The summed E-state index contributed by atoms with van der Waals surface area (Å²) in [6.45, 7) is 3.37. The lowest BCUT2D eigenvalue weighted by Crippen LogP contribution is -2.36. The van der Waals surface area contributed by atoms with Crippen LogP contribution in [0.5, 0.6) is 5.75 Å². The number of halogens is 3. The largest absolute Gasteiger partial charge is 0.489 e. The molecule has 0 atom stereocenters. The number of ether oxygens (including phenoxy) is 1. The quantitative estimate of drug-likeness (QED) is 0.181. The van der Waals surface area contributed by atoms with E-state index in [0.717, 1.165) is 36.1 Å². The van der Waals surface area contributed by atoms with Gasteiger partial charge in [0.25, 0.3) is 0 Å². The molecule has 0 bridgehead atoms. The Morgan fingerprint density at radius 3 is 2.50 bits per heavy atom. The Morgan fingerprint density at radius 1 is 1.12 bits per heavy atom. The normalized spacial score (nSPS) is 17.6. The molecule has 0 aliphatic heterocycles. The van der Waals surface area contributed by atoms with Crippen molar-refractivity contribution in [3.63, 3.8) is 0 Å². The molecule has 1 heterocycles. The van der Waals surface area contributed by atoms with Gasteiger partial charge in [0.15, 0.2) is 0 Å². The molecule has 1 aliphatic rings. The lowest BCUT2D eigenvalue weighted by atomic mass is 9.90. The zero-order valence-corrected chi connectivity index (χ0v) is 26.2. The second-order valence-corrected chi connectivity index (χ2v) is 15.5. The Kier molecular flexibility index (Phi) is 10.5. The molecule has 1 aromatic heterocycles. The van der Waals surface area contributed by atoms with Gasteiger partial charge in [0.2, 0.25) is 0 Å². The van der Waals surface area contributed by atoms with E-state index in [1.54, 1.807) is 37.6 Å². The van der Waals surface area contributed by atoms with E-state index in [2.05, 4.69) is 41.5 Å². The van der Waals surface area contributed by atoms with E-state index in [1.807, 2.05) is 12.1 Å².